The molecule has 25 heavy (non-hydrogen) atoms. The molecule has 1 aromatic rings. The molecule has 0 unspecified atom stereocenters. The number of likely N-dealkylation sites (tertiary alicyclic amines) is 1. The average Bonchev–Trinajstić information content (AvgIpc) is 2.55. The summed E-state index contributed by atoms with van der Waals surface area (Å²) in [5, 5.41) is 26.8. The van der Waals surface area contributed by atoms with Crippen LogP contribution in [-0.2, 0) is 4.84 Å². The Morgan fingerprint density at radius 1 is 1.28 bits per heavy atom. The number of hydrogen-bond donors (Lipinski definition) is 0. The lowest BCUT2D eigenvalue weighted by Gasteiger charge is -2.45. The summed E-state index contributed by atoms with van der Waals surface area (Å²) in [6, 6.07) is 5.87. The summed E-state index contributed by atoms with van der Waals surface area (Å²) in [6.07, 6.45) is 3.72. The molecular formula is C15H24ClN3O6. The van der Waals surface area contributed by atoms with Crippen LogP contribution in [-0.4, -0.2) is 51.9 Å². The van der Waals surface area contributed by atoms with Gasteiger partial charge in [0.25, 0.3) is 5.69 Å². The maximum absolute atomic E-state index is 12.3. The summed E-state index contributed by atoms with van der Waals surface area (Å²) in [5.41, 5.74) is 0.364. The molecule has 0 amide bonds. The smallest absolute Gasteiger partial charge is 0.270 e. The first-order chi connectivity index (χ1) is 11.0. The predicted molar refractivity (Wildman–Crippen MR) is 95.4 cm³/mol. The molecule has 4 N–H and O–H groups in total. The van der Waals surface area contributed by atoms with Gasteiger partial charge in [-0.25, -0.2) is 0 Å². The summed E-state index contributed by atoms with van der Waals surface area (Å²) < 4.78 is -0.147. The van der Waals surface area contributed by atoms with E-state index in [1.807, 2.05) is 0 Å². The Hall–Kier alpha value is -1.78. The van der Waals surface area contributed by atoms with Crippen molar-refractivity contribution in [3.8, 4) is 0 Å². The van der Waals surface area contributed by atoms with Crippen LogP contribution in [0.3, 0.4) is 0 Å². The van der Waals surface area contributed by atoms with Crippen LogP contribution in [0.15, 0.2) is 29.4 Å². The first-order valence-electron chi connectivity index (χ1n) is 7.68. The predicted octanol–water partition coefficient (Wildman–Crippen LogP) is 1.75. The number of non-ortho nitro benzene ring substituents is 1. The molecule has 0 bridgehead atoms. The van der Waals surface area contributed by atoms with Gasteiger partial charge in [0, 0.05) is 24.1 Å². The third kappa shape index (κ3) is 7.32. The van der Waals surface area contributed by atoms with Crippen molar-refractivity contribution in [3.05, 3.63) is 45.2 Å². The number of hydrogen-bond acceptors (Lipinski definition) is 5. The molecule has 1 heterocycles. The van der Waals surface area contributed by atoms with Crippen LogP contribution in [0.4, 0.5) is 5.69 Å². The minimum Gasteiger partial charge on any atom is -0.633 e. The topological polar surface area (TPSA) is 151 Å². The number of benzene rings is 1. The van der Waals surface area contributed by atoms with Crippen molar-refractivity contribution in [1.82, 2.24) is 0 Å². The van der Waals surface area contributed by atoms with E-state index in [9.17, 15) is 15.3 Å². The van der Waals surface area contributed by atoms with Crippen molar-refractivity contribution >= 4 is 22.5 Å². The van der Waals surface area contributed by atoms with Gasteiger partial charge in [0.05, 0.1) is 24.6 Å². The number of rotatable bonds is 7. The normalized spacial score (nSPS) is 16.3. The number of piperidine rings is 1. The van der Waals surface area contributed by atoms with E-state index in [0.29, 0.717) is 38.2 Å². The summed E-state index contributed by atoms with van der Waals surface area (Å²) in [6.45, 7) is 2.17. The maximum atomic E-state index is 12.3. The molecular weight excluding hydrogens is 354 g/mol. The van der Waals surface area contributed by atoms with Gasteiger partial charge in [0.15, 0.2) is 5.17 Å². The highest BCUT2D eigenvalue weighted by atomic mass is 35.5. The highest BCUT2D eigenvalue weighted by molar-refractivity contribution is 6.69. The molecule has 9 nitrogen and oxygen atoms in total. The van der Waals surface area contributed by atoms with Gasteiger partial charge >= 0.3 is 0 Å². The second-order valence-corrected chi connectivity index (χ2v) is 6.02. The second-order valence-electron chi connectivity index (χ2n) is 5.67. The minimum absolute atomic E-state index is 0. The molecule has 0 spiro atoms. The van der Waals surface area contributed by atoms with Crippen molar-refractivity contribution in [1.29, 1.82) is 0 Å². The van der Waals surface area contributed by atoms with E-state index >= 15 is 0 Å². The largest absolute Gasteiger partial charge is 0.633 e. The molecule has 0 saturated carbocycles. The van der Waals surface area contributed by atoms with E-state index in [-0.39, 0.29) is 26.5 Å². The molecule has 0 atom stereocenters. The van der Waals surface area contributed by atoms with Crippen LogP contribution in [0.1, 0.15) is 31.2 Å². The van der Waals surface area contributed by atoms with Crippen molar-refractivity contribution in [2.75, 3.05) is 26.2 Å². The second kappa shape index (κ2) is 11.0. The molecule has 1 aliphatic heterocycles. The first kappa shape index (κ1) is 23.2. The van der Waals surface area contributed by atoms with E-state index in [0.717, 1.165) is 19.3 Å². The van der Waals surface area contributed by atoms with Crippen LogP contribution in [0, 0.1) is 15.3 Å². The third-order valence-corrected chi connectivity index (χ3v) is 4.16. The van der Waals surface area contributed by atoms with E-state index in [1.165, 1.54) is 18.2 Å². The van der Waals surface area contributed by atoms with Gasteiger partial charge in [-0.15, -0.1) is 0 Å². The molecule has 1 aromatic carbocycles. The van der Waals surface area contributed by atoms with E-state index in [1.54, 1.807) is 6.07 Å². The van der Waals surface area contributed by atoms with Crippen molar-refractivity contribution in [2.45, 2.75) is 25.7 Å². The zero-order valence-corrected chi connectivity index (χ0v) is 14.6. The summed E-state index contributed by atoms with van der Waals surface area (Å²) in [4.78, 5) is 15.3. The lowest BCUT2D eigenvalue weighted by molar-refractivity contribution is -0.885. The minimum atomic E-state index is -0.496. The molecule has 1 aliphatic rings. The van der Waals surface area contributed by atoms with Gasteiger partial charge in [0.1, 0.15) is 6.61 Å². The number of nitro benzene ring substituents is 1. The summed E-state index contributed by atoms with van der Waals surface area (Å²) in [7, 11) is 0. The fourth-order valence-corrected chi connectivity index (χ4v) is 2.80. The van der Waals surface area contributed by atoms with Gasteiger partial charge in [-0.05, 0) is 19.3 Å². The van der Waals surface area contributed by atoms with E-state index < -0.39 is 4.92 Å². The number of quaternary nitrogens is 1. The molecule has 10 heteroatoms. The highest BCUT2D eigenvalue weighted by Gasteiger charge is 2.19. The lowest BCUT2D eigenvalue weighted by atomic mass is 10.1. The molecule has 0 aliphatic carbocycles. The van der Waals surface area contributed by atoms with E-state index in [2.05, 4.69) is 5.16 Å². The van der Waals surface area contributed by atoms with Crippen LogP contribution in [0.5, 0.6) is 0 Å². The maximum Gasteiger partial charge on any atom is 0.270 e. The van der Waals surface area contributed by atoms with Crippen LogP contribution >= 0.6 is 11.6 Å². The standard InChI is InChI=1S/C15H20ClN3O4.2H2O/c16-15(13-6-4-7-14(12-13)18(20)21)17-23-11-5-10-19(22)8-2-1-3-9-19;;/h4,6-7,12H,1-3,5,8-11H2;2*1H2/b17-15-;;. The quantitative estimate of drug-likeness (QED) is 0.177. The fourth-order valence-electron chi connectivity index (χ4n) is 2.63. The van der Waals surface area contributed by atoms with Gasteiger partial charge in [-0.3, -0.25) is 10.1 Å². The number of nitrogens with zero attached hydrogens (tertiary/aromatic N) is 3. The van der Waals surface area contributed by atoms with Crippen LogP contribution in [0.25, 0.3) is 0 Å². The molecule has 1 fully saturated rings. The molecule has 2 rings (SSSR count). The zero-order chi connectivity index (χ0) is 16.7. The summed E-state index contributed by atoms with van der Waals surface area (Å²) >= 11 is 5.97. The number of hydroxylamine groups is 3. The first-order valence-corrected chi connectivity index (χ1v) is 8.05. The highest BCUT2D eigenvalue weighted by Crippen LogP contribution is 2.18. The van der Waals surface area contributed by atoms with Crippen molar-refractivity contribution < 1.29 is 25.4 Å². The molecule has 1 saturated heterocycles. The Morgan fingerprint density at radius 2 is 1.96 bits per heavy atom. The number of nitro groups is 1. The van der Waals surface area contributed by atoms with Gasteiger partial charge < -0.3 is 25.6 Å². The third-order valence-electron chi connectivity index (χ3n) is 3.87. The SMILES string of the molecule is O.O.O=[N+]([O-])c1cccc(/C(Cl)=N/OCCC[N+]2([O-])CCCCC2)c1. The Morgan fingerprint density at radius 3 is 2.60 bits per heavy atom. The number of oxime groups is 1. The van der Waals surface area contributed by atoms with Crippen LogP contribution < -0.4 is 0 Å². The Balaban J connectivity index is 0.00000288. The van der Waals surface area contributed by atoms with Gasteiger partial charge in [0.2, 0.25) is 0 Å². The molecule has 0 aromatic heterocycles. The van der Waals surface area contributed by atoms with E-state index in [4.69, 9.17) is 16.4 Å². The van der Waals surface area contributed by atoms with Crippen molar-refractivity contribution in [2.24, 2.45) is 5.16 Å². The monoisotopic (exact) mass is 377 g/mol. The lowest BCUT2D eigenvalue weighted by Crippen LogP contribution is -2.46. The Bertz CT molecular complexity index is 578. The van der Waals surface area contributed by atoms with Gasteiger partial charge in [-0.1, -0.05) is 28.9 Å². The summed E-state index contributed by atoms with van der Waals surface area (Å²) in [5.74, 6) is 0. The van der Waals surface area contributed by atoms with Crippen molar-refractivity contribution in [3.63, 3.8) is 0 Å². The number of halogens is 1. The average molecular weight is 378 g/mol. The molecule has 142 valence electrons. The zero-order valence-electron chi connectivity index (χ0n) is 13.8. The van der Waals surface area contributed by atoms with Crippen LogP contribution in [0.2, 0.25) is 0 Å². The Labute approximate surface area is 150 Å². The molecule has 0 radical (unpaired) electrons. The fraction of sp³-hybridized carbons (Fsp3) is 0.533. The van der Waals surface area contributed by atoms with Gasteiger partial charge in [-0.2, -0.15) is 0 Å². The Kier molecular flexibility index (Phi) is 10.2.